The Morgan fingerprint density at radius 3 is 3.00 bits per heavy atom. The molecule has 3 heterocycles. The minimum Gasteiger partial charge on any atom is -0.347 e. The fraction of sp³-hybridized carbons (Fsp3) is 0.364. The number of likely N-dealkylation sites (tertiary alicyclic amines) is 1. The van der Waals surface area contributed by atoms with Gasteiger partial charge in [0.1, 0.15) is 11.1 Å². The Bertz CT molecular complexity index is 1060. The lowest BCUT2D eigenvalue weighted by Gasteiger charge is -2.15. The number of carbonyl (C=O) groups is 1. The van der Waals surface area contributed by atoms with Crippen LogP contribution in [0.3, 0.4) is 0 Å². The molecular weight excluding hydrogens is 368 g/mol. The Labute approximate surface area is 169 Å². The number of benzene rings is 1. The number of thiophene rings is 1. The normalized spacial score (nSPS) is 17.1. The maximum absolute atomic E-state index is 12.5. The van der Waals surface area contributed by atoms with Crippen molar-refractivity contribution in [2.75, 3.05) is 25.0 Å². The van der Waals surface area contributed by atoms with Crippen LogP contribution < -0.4 is 5.32 Å². The summed E-state index contributed by atoms with van der Waals surface area (Å²) in [6.45, 7) is 7.19. The maximum atomic E-state index is 12.5. The van der Waals surface area contributed by atoms with Crippen LogP contribution in [0.2, 0.25) is 0 Å². The number of hydrogen-bond acceptors (Lipinski definition) is 4. The van der Waals surface area contributed by atoms with Gasteiger partial charge >= 0.3 is 0 Å². The van der Waals surface area contributed by atoms with E-state index >= 15 is 0 Å². The van der Waals surface area contributed by atoms with E-state index in [1.807, 2.05) is 12.3 Å². The molecule has 0 aliphatic carbocycles. The van der Waals surface area contributed by atoms with Crippen LogP contribution in [0.5, 0.6) is 0 Å². The number of fused-ring (bicyclic) bond motifs is 1. The number of carbonyl (C=O) groups excluding carboxylic acids is 1. The first-order valence-electron chi connectivity index (χ1n) is 9.68. The zero-order chi connectivity index (χ0) is 19.7. The molecular formula is C22H24N4OS. The minimum atomic E-state index is -0.0463. The fourth-order valence-electron chi connectivity index (χ4n) is 4.14. The van der Waals surface area contributed by atoms with Crippen LogP contribution in [0.15, 0.2) is 35.8 Å². The number of hydrogen-bond donors (Lipinski definition) is 1. The summed E-state index contributed by atoms with van der Waals surface area (Å²) in [5.74, 6) is 0.402. The lowest BCUT2D eigenvalue weighted by atomic mass is 9.98. The smallest absolute Gasteiger partial charge is 0.239 e. The van der Waals surface area contributed by atoms with Gasteiger partial charge in [-0.25, -0.2) is 0 Å². The molecule has 1 amide bonds. The van der Waals surface area contributed by atoms with Gasteiger partial charge in [0.05, 0.1) is 12.1 Å². The highest BCUT2D eigenvalue weighted by molar-refractivity contribution is 7.14. The monoisotopic (exact) mass is 392 g/mol. The van der Waals surface area contributed by atoms with E-state index in [1.165, 1.54) is 27.8 Å². The van der Waals surface area contributed by atoms with Gasteiger partial charge in [-0.3, -0.25) is 9.69 Å². The molecule has 0 saturated carbocycles. The molecule has 28 heavy (non-hydrogen) atoms. The summed E-state index contributed by atoms with van der Waals surface area (Å²) in [5.41, 5.74) is 4.16. The average Bonchev–Trinajstić information content (AvgIpc) is 3.39. The van der Waals surface area contributed by atoms with E-state index in [9.17, 15) is 10.1 Å². The number of amides is 1. The quantitative estimate of drug-likeness (QED) is 0.703. The van der Waals surface area contributed by atoms with E-state index in [0.29, 0.717) is 23.0 Å². The summed E-state index contributed by atoms with van der Waals surface area (Å²) < 4.78 is 2.31. The Morgan fingerprint density at radius 1 is 1.39 bits per heavy atom. The predicted octanol–water partition coefficient (Wildman–Crippen LogP) is 4.33. The van der Waals surface area contributed by atoms with E-state index in [2.05, 4.69) is 58.2 Å². The third kappa shape index (κ3) is 3.44. The highest BCUT2D eigenvalue weighted by Crippen LogP contribution is 2.34. The van der Waals surface area contributed by atoms with Crippen molar-refractivity contribution in [3.05, 3.63) is 52.5 Å². The predicted molar refractivity (Wildman–Crippen MR) is 114 cm³/mol. The van der Waals surface area contributed by atoms with Gasteiger partial charge < -0.3 is 9.88 Å². The highest BCUT2D eigenvalue weighted by atomic mass is 32.1. The van der Waals surface area contributed by atoms with Gasteiger partial charge in [0.2, 0.25) is 5.91 Å². The zero-order valence-corrected chi connectivity index (χ0v) is 17.1. The molecule has 1 unspecified atom stereocenters. The van der Waals surface area contributed by atoms with Gasteiger partial charge in [0, 0.05) is 30.2 Å². The third-order valence-electron chi connectivity index (χ3n) is 5.58. The van der Waals surface area contributed by atoms with E-state index in [4.69, 9.17) is 0 Å². The van der Waals surface area contributed by atoms with Crippen LogP contribution >= 0.6 is 11.3 Å². The maximum Gasteiger partial charge on any atom is 0.239 e. The standard InChI is InChI=1S/C22H24N4OS/c1-3-26-12-19(17-6-4-5-7-20(17)26)16-8-9-25(11-16)13-21(27)24-22-18(10-23)15(2)14-28-22/h4-7,12,14,16H,3,8-9,11,13H2,1-2H3,(H,24,27). The molecule has 1 aliphatic rings. The summed E-state index contributed by atoms with van der Waals surface area (Å²) in [5, 5.41) is 16.1. The largest absolute Gasteiger partial charge is 0.347 e. The molecule has 3 aromatic rings. The number of nitrogens with one attached hydrogen (secondary N) is 1. The average molecular weight is 393 g/mol. The van der Waals surface area contributed by atoms with Gasteiger partial charge in [0.15, 0.2) is 0 Å². The molecule has 6 heteroatoms. The summed E-state index contributed by atoms with van der Waals surface area (Å²) in [6, 6.07) is 10.7. The van der Waals surface area contributed by atoms with Crippen LogP contribution in [0.4, 0.5) is 5.00 Å². The molecule has 1 N–H and O–H groups in total. The highest BCUT2D eigenvalue weighted by Gasteiger charge is 2.28. The van der Waals surface area contributed by atoms with Crippen molar-refractivity contribution in [2.24, 2.45) is 0 Å². The lowest BCUT2D eigenvalue weighted by Crippen LogP contribution is -2.31. The van der Waals surface area contributed by atoms with Crippen LogP contribution in [0.1, 0.15) is 36.0 Å². The van der Waals surface area contributed by atoms with E-state index in [0.717, 1.165) is 31.6 Å². The van der Waals surface area contributed by atoms with Gasteiger partial charge in [-0.15, -0.1) is 11.3 Å². The molecule has 0 radical (unpaired) electrons. The summed E-state index contributed by atoms with van der Waals surface area (Å²) in [7, 11) is 0. The number of nitrogens with zero attached hydrogens (tertiary/aromatic N) is 3. The second kappa shape index (κ2) is 7.78. The van der Waals surface area contributed by atoms with Crippen molar-refractivity contribution in [2.45, 2.75) is 32.7 Å². The van der Waals surface area contributed by atoms with Crippen LogP contribution in [0.25, 0.3) is 10.9 Å². The second-order valence-corrected chi connectivity index (χ2v) is 8.27. The number of anilines is 1. The Morgan fingerprint density at radius 2 is 2.21 bits per heavy atom. The number of aromatic nitrogens is 1. The van der Waals surface area contributed by atoms with Crippen molar-refractivity contribution in [1.82, 2.24) is 9.47 Å². The number of nitriles is 1. The summed E-state index contributed by atoms with van der Waals surface area (Å²) in [6.07, 6.45) is 3.35. The Hall–Kier alpha value is -2.62. The minimum absolute atomic E-state index is 0.0463. The van der Waals surface area contributed by atoms with Crippen molar-refractivity contribution < 1.29 is 4.79 Å². The molecule has 0 bridgehead atoms. The van der Waals surface area contributed by atoms with E-state index in [1.54, 1.807) is 0 Å². The van der Waals surface area contributed by atoms with Gasteiger partial charge in [0.25, 0.3) is 0 Å². The third-order valence-corrected chi connectivity index (χ3v) is 6.59. The Kier molecular flexibility index (Phi) is 5.21. The molecule has 1 aromatic carbocycles. The van der Waals surface area contributed by atoms with Crippen LogP contribution in [-0.4, -0.2) is 35.0 Å². The van der Waals surface area contributed by atoms with Crippen molar-refractivity contribution in [3.63, 3.8) is 0 Å². The fourth-order valence-corrected chi connectivity index (χ4v) is 5.05. The van der Waals surface area contributed by atoms with Gasteiger partial charge in [-0.05, 0) is 55.3 Å². The van der Waals surface area contributed by atoms with Crippen molar-refractivity contribution in [3.8, 4) is 6.07 Å². The SMILES string of the molecule is CCn1cc(C2CCN(CC(=O)Nc3scc(C)c3C#N)C2)c2ccccc21. The van der Waals surface area contributed by atoms with Crippen molar-refractivity contribution in [1.29, 1.82) is 5.26 Å². The second-order valence-electron chi connectivity index (χ2n) is 7.39. The molecule has 4 rings (SSSR count). The van der Waals surface area contributed by atoms with E-state index < -0.39 is 0 Å². The molecule has 5 nitrogen and oxygen atoms in total. The number of rotatable bonds is 5. The Balaban J connectivity index is 1.43. The van der Waals surface area contributed by atoms with Crippen LogP contribution in [-0.2, 0) is 11.3 Å². The first kappa shape index (κ1) is 18.7. The van der Waals surface area contributed by atoms with Gasteiger partial charge in [-0.1, -0.05) is 18.2 Å². The lowest BCUT2D eigenvalue weighted by molar-refractivity contribution is -0.117. The molecule has 144 valence electrons. The molecule has 0 spiro atoms. The number of para-hydroxylation sites is 1. The first-order valence-corrected chi connectivity index (χ1v) is 10.6. The topological polar surface area (TPSA) is 61.1 Å². The van der Waals surface area contributed by atoms with Gasteiger partial charge in [-0.2, -0.15) is 5.26 Å². The molecule has 1 atom stereocenters. The zero-order valence-electron chi connectivity index (χ0n) is 16.2. The molecule has 1 saturated heterocycles. The number of aryl methyl sites for hydroxylation is 2. The first-order chi connectivity index (χ1) is 13.6. The summed E-state index contributed by atoms with van der Waals surface area (Å²) >= 11 is 1.42. The summed E-state index contributed by atoms with van der Waals surface area (Å²) in [4.78, 5) is 14.7. The molecule has 1 fully saturated rings. The molecule has 2 aromatic heterocycles. The molecule has 1 aliphatic heterocycles. The van der Waals surface area contributed by atoms with E-state index in [-0.39, 0.29) is 5.91 Å². The van der Waals surface area contributed by atoms with Crippen molar-refractivity contribution >= 4 is 33.1 Å². The van der Waals surface area contributed by atoms with Crippen LogP contribution in [0, 0.1) is 18.3 Å².